The van der Waals surface area contributed by atoms with E-state index < -0.39 is 5.69 Å². The molecule has 136 valence electrons. The SMILES string of the molecule is CCC(NC(=O)Cn1nnn(-c2cccs2)c1=O)c1ccc(OC)cc1. The van der Waals surface area contributed by atoms with Gasteiger partial charge in [-0.05, 0) is 52.1 Å². The van der Waals surface area contributed by atoms with E-state index in [1.165, 1.54) is 16.0 Å². The van der Waals surface area contributed by atoms with Crippen molar-refractivity contribution in [2.45, 2.75) is 25.9 Å². The van der Waals surface area contributed by atoms with Crippen molar-refractivity contribution in [1.82, 2.24) is 25.1 Å². The smallest absolute Gasteiger partial charge is 0.369 e. The molecule has 0 saturated heterocycles. The summed E-state index contributed by atoms with van der Waals surface area (Å²) in [4.78, 5) is 24.7. The molecule has 26 heavy (non-hydrogen) atoms. The molecule has 0 bridgehead atoms. The van der Waals surface area contributed by atoms with E-state index in [-0.39, 0.29) is 18.5 Å². The zero-order valence-electron chi connectivity index (χ0n) is 14.5. The maximum Gasteiger partial charge on any atom is 0.369 e. The van der Waals surface area contributed by atoms with Crippen LogP contribution in [0.1, 0.15) is 24.9 Å². The van der Waals surface area contributed by atoms with Crippen LogP contribution in [0.4, 0.5) is 0 Å². The number of thiophene rings is 1. The van der Waals surface area contributed by atoms with Crippen LogP contribution in [0.15, 0.2) is 46.6 Å². The quantitative estimate of drug-likeness (QED) is 0.681. The topological polar surface area (TPSA) is 91.0 Å². The number of benzene rings is 1. The highest BCUT2D eigenvalue weighted by atomic mass is 32.1. The van der Waals surface area contributed by atoms with Crippen LogP contribution in [0.25, 0.3) is 5.00 Å². The van der Waals surface area contributed by atoms with Crippen LogP contribution in [0.5, 0.6) is 5.75 Å². The summed E-state index contributed by atoms with van der Waals surface area (Å²) >= 11 is 1.37. The number of carbonyl (C=O) groups excluding carboxylic acids is 1. The zero-order valence-corrected chi connectivity index (χ0v) is 15.3. The van der Waals surface area contributed by atoms with E-state index in [1.54, 1.807) is 13.2 Å². The minimum absolute atomic E-state index is 0.156. The molecule has 9 heteroatoms. The number of methoxy groups -OCH3 is 1. The van der Waals surface area contributed by atoms with Gasteiger partial charge in [-0.3, -0.25) is 4.79 Å². The molecular weight excluding hydrogens is 354 g/mol. The number of rotatable bonds is 7. The molecule has 0 aliphatic carbocycles. The Hall–Kier alpha value is -2.94. The lowest BCUT2D eigenvalue weighted by Crippen LogP contribution is -2.35. The molecule has 0 aliphatic rings. The summed E-state index contributed by atoms with van der Waals surface area (Å²) in [7, 11) is 1.61. The lowest BCUT2D eigenvalue weighted by Gasteiger charge is -2.17. The van der Waals surface area contributed by atoms with Crippen molar-refractivity contribution in [3.63, 3.8) is 0 Å². The van der Waals surface area contributed by atoms with Crippen molar-refractivity contribution in [2.75, 3.05) is 7.11 Å². The second-order valence-corrected chi connectivity index (χ2v) is 6.51. The summed E-state index contributed by atoms with van der Waals surface area (Å²) in [6.45, 7) is 1.80. The molecule has 8 nitrogen and oxygen atoms in total. The van der Waals surface area contributed by atoms with Crippen LogP contribution in [0.2, 0.25) is 0 Å². The standard InChI is InChI=1S/C17H19N5O3S/c1-3-14(12-6-8-13(25-2)9-7-12)18-15(23)11-21-17(24)22(20-19-21)16-5-4-10-26-16/h4-10,14H,3,11H2,1-2H3,(H,18,23). The molecule has 0 saturated carbocycles. The van der Waals surface area contributed by atoms with E-state index >= 15 is 0 Å². The largest absolute Gasteiger partial charge is 0.497 e. The number of ether oxygens (including phenoxy) is 1. The first-order chi connectivity index (χ1) is 12.6. The molecule has 1 N–H and O–H groups in total. The molecule has 2 aromatic heterocycles. The molecule has 0 fully saturated rings. The van der Waals surface area contributed by atoms with Gasteiger partial charge in [0.2, 0.25) is 5.91 Å². The van der Waals surface area contributed by atoms with E-state index in [0.717, 1.165) is 22.4 Å². The van der Waals surface area contributed by atoms with E-state index in [1.807, 2.05) is 42.6 Å². The fraction of sp³-hybridized carbons (Fsp3) is 0.294. The van der Waals surface area contributed by atoms with Crippen molar-refractivity contribution in [2.24, 2.45) is 0 Å². The van der Waals surface area contributed by atoms with Crippen molar-refractivity contribution in [1.29, 1.82) is 0 Å². The molecule has 1 amide bonds. The number of carbonyl (C=O) groups is 1. The Kier molecular flexibility index (Phi) is 5.47. The van der Waals surface area contributed by atoms with Crippen molar-refractivity contribution in [3.05, 3.63) is 57.8 Å². The molecule has 0 spiro atoms. The Balaban J connectivity index is 1.68. The van der Waals surface area contributed by atoms with Gasteiger partial charge < -0.3 is 10.1 Å². The van der Waals surface area contributed by atoms with Crippen LogP contribution in [0.3, 0.4) is 0 Å². The summed E-state index contributed by atoms with van der Waals surface area (Å²) in [5.41, 5.74) is 0.524. The monoisotopic (exact) mass is 373 g/mol. The van der Waals surface area contributed by atoms with Crippen LogP contribution >= 0.6 is 11.3 Å². The summed E-state index contributed by atoms with van der Waals surface area (Å²) < 4.78 is 7.38. The highest BCUT2D eigenvalue weighted by Gasteiger charge is 2.16. The predicted molar refractivity (Wildman–Crippen MR) is 97.7 cm³/mol. The third-order valence-electron chi connectivity index (χ3n) is 3.91. The van der Waals surface area contributed by atoms with Crippen LogP contribution < -0.4 is 15.7 Å². The molecule has 0 aliphatic heterocycles. The van der Waals surface area contributed by atoms with Gasteiger partial charge in [-0.25, -0.2) is 4.79 Å². The average Bonchev–Trinajstić information content (AvgIpc) is 3.30. The third kappa shape index (κ3) is 3.83. The average molecular weight is 373 g/mol. The number of tetrazole rings is 1. The molecule has 0 radical (unpaired) electrons. The number of amides is 1. The van der Waals surface area contributed by atoms with E-state index in [4.69, 9.17) is 4.74 Å². The first-order valence-corrected chi connectivity index (χ1v) is 9.00. The molecule has 1 aromatic carbocycles. The third-order valence-corrected chi connectivity index (χ3v) is 4.75. The second kappa shape index (κ2) is 7.96. The van der Waals surface area contributed by atoms with Crippen LogP contribution in [-0.2, 0) is 11.3 Å². The van der Waals surface area contributed by atoms with Crippen LogP contribution in [-0.4, -0.2) is 32.8 Å². The van der Waals surface area contributed by atoms with E-state index in [2.05, 4.69) is 15.7 Å². The molecule has 1 unspecified atom stereocenters. The summed E-state index contributed by atoms with van der Waals surface area (Å²) in [6, 6.07) is 10.9. The lowest BCUT2D eigenvalue weighted by molar-refractivity contribution is -0.122. The van der Waals surface area contributed by atoms with Gasteiger partial charge in [-0.1, -0.05) is 19.1 Å². The Bertz CT molecular complexity index is 915. The van der Waals surface area contributed by atoms with Crippen molar-refractivity contribution in [3.8, 4) is 10.8 Å². The Morgan fingerprint density at radius 1 is 1.27 bits per heavy atom. The molecule has 3 rings (SSSR count). The number of hydrogen-bond donors (Lipinski definition) is 1. The second-order valence-electron chi connectivity index (χ2n) is 5.58. The first-order valence-electron chi connectivity index (χ1n) is 8.12. The highest BCUT2D eigenvalue weighted by molar-refractivity contribution is 7.12. The summed E-state index contributed by atoms with van der Waals surface area (Å²) in [5.74, 6) is 0.458. The number of hydrogen-bond acceptors (Lipinski definition) is 6. The number of nitrogens with zero attached hydrogens (tertiary/aromatic N) is 4. The highest BCUT2D eigenvalue weighted by Crippen LogP contribution is 2.20. The van der Waals surface area contributed by atoms with Gasteiger partial charge in [0, 0.05) is 0 Å². The maximum atomic E-state index is 12.4. The van der Waals surface area contributed by atoms with Gasteiger partial charge in [-0.2, -0.15) is 9.36 Å². The first kappa shape index (κ1) is 17.9. The van der Waals surface area contributed by atoms with Gasteiger partial charge in [0.15, 0.2) is 0 Å². The molecular formula is C17H19N5O3S. The molecule has 1 atom stereocenters. The maximum absolute atomic E-state index is 12.4. The predicted octanol–water partition coefficient (Wildman–Crippen LogP) is 1.77. The van der Waals surface area contributed by atoms with Gasteiger partial charge in [-0.15, -0.1) is 11.3 Å². The Morgan fingerprint density at radius 3 is 2.65 bits per heavy atom. The van der Waals surface area contributed by atoms with Crippen molar-refractivity contribution < 1.29 is 9.53 Å². The minimum Gasteiger partial charge on any atom is -0.497 e. The van der Waals surface area contributed by atoms with E-state index in [0.29, 0.717) is 5.00 Å². The fourth-order valence-electron chi connectivity index (χ4n) is 2.54. The van der Waals surface area contributed by atoms with Gasteiger partial charge in [0.05, 0.1) is 13.2 Å². The number of nitrogens with one attached hydrogen (secondary N) is 1. The van der Waals surface area contributed by atoms with Gasteiger partial charge >= 0.3 is 5.69 Å². The zero-order chi connectivity index (χ0) is 18.5. The van der Waals surface area contributed by atoms with Gasteiger partial charge in [0.1, 0.15) is 17.3 Å². The lowest BCUT2D eigenvalue weighted by atomic mass is 10.0. The van der Waals surface area contributed by atoms with Crippen LogP contribution in [0, 0.1) is 0 Å². The molecule has 2 heterocycles. The Morgan fingerprint density at radius 2 is 2.04 bits per heavy atom. The molecule has 3 aromatic rings. The Labute approximate surface area is 154 Å². The minimum atomic E-state index is -0.444. The summed E-state index contributed by atoms with van der Waals surface area (Å²) in [5, 5.41) is 13.0. The summed E-state index contributed by atoms with van der Waals surface area (Å²) in [6.07, 6.45) is 0.717. The van der Waals surface area contributed by atoms with Crippen molar-refractivity contribution >= 4 is 17.2 Å². The van der Waals surface area contributed by atoms with E-state index in [9.17, 15) is 9.59 Å². The van der Waals surface area contributed by atoms with Gasteiger partial charge in [0.25, 0.3) is 0 Å². The number of aromatic nitrogens is 4. The fourth-order valence-corrected chi connectivity index (χ4v) is 3.20. The normalized spacial score (nSPS) is 11.9.